The molecule has 4 fully saturated rings. The van der Waals surface area contributed by atoms with Gasteiger partial charge >= 0.3 is 0 Å². The van der Waals surface area contributed by atoms with E-state index >= 15 is 0 Å². The number of hydrogen-bond donors (Lipinski definition) is 0. The first-order valence-electron chi connectivity index (χ1n) is 12.2. The number of piperazine rings is 1. The van der Waals surface area contributed by atoms with Gasteiger partial charge in [0, 0.05) is 76.0 Å². The molecule has 28 heavy (non-hydrogen) atoms. The minimum atomic E-state index is 0.672. The highest BCUT2D eigenvalue weighted by Crippen LogP contribution is 2.30. The molecule has 0 bridgehead atoms. The first-order valence-corrected chi connectivity index (χ1v) is 12.2. The molecule has 4 unspecified atom stereocenters. The molecule has 0 saturated carbocycles. The van der Waals surface area contributed by atoms with Crippen molar-refractivity contribution in [3.05, 3.63) is 0 Å². The molecule has 0 aromatic carbocycles. The van der Waals surface area contributed by atoms with Gasteiger partial charge in [-0.3, -0.25) is 19.6 Å². The molecule has 0 aromatic heterocycles. The summed E-state index contributed by atoms with van der Waals surface area (Å²) in [6.07, 6.45) is 6.98. The Hall–Kier alpha value is -0.200. The van der Waals surface area contributed by atoms with Gasteiger partial charge in [-0.1, -0.05) is 0 Å². The highest BCUT2D eigenvalue weighted by molar-refractivity contribution is 4.96. The van der Waals surface area contributed by atoms with E-state index in [1.54, 1.807) is 0 Å². The first-order chi connectivity index (χ1) is 13.5. The highest BCUT2D eigenvalue weighted by atomic mass is 15.3. The maximum Gasteiger partial charge on any atom is 0.0239 e. The lowest BCUT2D eigenvalue weighted by Crippen LogP contribution is -2.50. The summed E-state index contributed by atoms with van der Waals surface area (Å²) in [5.41, 5.74) is 0. The van der Waals surface area contributed by atoms with Crippen molar-refractivity contribution in [2.45, 2.75) is 83.1 Å². The number of rotatable bonds is 6. The molecule has 4 atom stereocenters. The third kappa shape index (κ3) is 4.75. The van der Waals surface area contributed by atoms with Gasteiger partial charge in [-0.15, -0.1) is 0 Å². The molecular weight excluding hydrogens is 346 g/mol. The highest BCUT2D eigenvalue weighted by Gasteiger charge is 2.39. The molecule has 4 aliphatic heterocycles. The van der Waals surface area contributed by atoms with Crippen molar-refractivity contribution in [3.8, 4) is 0 Å². The fourth-order valence-corrected chi connectivity index (χ4v) is 6.35. The van der Waals surface area contributed by atoms with Crippen molar-refractivity contribution in [2.75, 3.05) is 66.0 Å². The average Bonchev–Trinajstić information content (AvgIpc) is 3.42. The summed E-state index contributed by atoms with van der Waals surface area (Å²) in [5.74, 6) is 0. The molecule has 0 aromatic rings. The van der Waals surface area contributed by atoms with Crippen molar-refractivity contribution >= 4 is 0 Å². The second-order valence-electron chi connectivity index (χ2n) is 10.4. The van der Waals surface area contributed by atoms with E-state index in [0.29, 0.717) is 6.04 Å². The number of likely N-dealkylation sites (tertiary alicyclic amines) is 3. The average molecular weight is 392 g/mol. The van der Waals surface area contributed by atoms with Gasteiger partial charge in [0.2, 0.25) is 0 Å². The van der Waals surface area contributed by atoms with E-state index in [-0.39, 0.29) is 0 Å². The fraction of sp³-hybridized carbons (Fsp3) is 1.00. The van der Waals surface area contributed by atoms with E-state index in [4.69, 9.17) is 0 Å². The van der Waals surface area contributed by atoms with Gasteiger partial charge in [0.05, 0.1) is 0 Å². The summed E-state index contributed by atoms with van der Waals surface area (Å²) < 4.78 is 0. The Kier molecular flexibility index (Phi) is 6.99. The van der Waals surface area contributed by atoms with Gasteiger partial charge in [0.25, 0.3) is 0 Å². The Morgan fingerprint density at radius 1 is 0.786 bits per heavy atom. The van der Waals surface area contributed by atoms with E-state index in [0.717, 1.165) is 24.2 Å². The van der Waals surface area contributed by atoms with Crippen LogP contribution in [-0.2, 0) is 0 Å². The first kappa shape index (κ1) is 21.0. The Balaban J connectivity index is 1.30. The van der Waals surface area contributed by atoms with Crippen LogP contribution in [0.25, 0.3) is 0 Å². The van der Waals surface area contributed by atoms with E-state index in [1.165, 1.54) is 91.0 Å². The third-order valence-corrected chi connectivity index (χ3v) is 8.24. The van der Waals surface area contributed by atoms with E-state index in [9.17, 15) is 0 Å². The second kappa shape index (κ2) is 9.30. The van der Waals surface area contributed by atoms with Crippen LogP contribution in [0.15, 0.2) is 0 Å². The van der Waals surface area contributed by atoms with Crippen LogP contribution >= 0.6 is 0 Å². The third-order valence-electron chi connectivity index (χ3n) is 8.24. The standard InChI is InChI=1S/C23H45N5/c1-19(2)28-18-23(26-13-11-24(4)12-14-26)16-22(28)15-20(3)27-10-7-21(17-27)25-8-5-6-9-25/h19-23H,5-18H2,1-4H3. The molecule has 4 heterocycles. The summed E-state index contributed by atoms with van der Waals surface area (Å²) >= 11 is 0. The van der Waals surface area contributed by atoms with Crippen molar-refractivity contribution in [1.82, 2.24) is 24.5 Å². The molecule has 0 radical (unpaired) electrons. The van der Waals surface area contributed by atoms with Crippen molar-refractivity contribution < 1.29 is 0 Å². The molecule has 162 valence electrons. The lowest BCUT2D eigenvalue weighted by Gasteiger charge is -2.36. The zero-order valence-corrected chi connectivity index (χ0v) is 19.0. The predicted molar refractivity (Wildman–Crippen MR) is 118 cm³/mol. The van der Waals surface area contributed by atoms with Crippen LogP contribution < -0.4 is 0 Å². The van der Waals surface area contributed by atoms with Crippen LogP contribution in [0, 0.1) is 0 Å². The normalized spacial score (nSPS) is 36.1. The minimum Gasteiger partial charge on any atom is -0.304 e. The van der Waals surface area contributed by atoms with Crippen molar-refractivity contribution in [3.63, 3.8) is 0 Å². The summed E-state index contributed by atoms with van der Waals surface area (Å²) in [4.78, 5) is 13.7. The van der Waals surface area contributed by atoms with Gasteiger partial charge in [0.15, 0.2) is 0 Å². The minimum absolute atomic E-state index is 0.672. The largest absolute Gasteiger partial charge is 0.304 e. The summed E-state index contributed by atoms with van der Waals surface area (Å²) in [7, 11) is 2.27. The summed E-state index contributed by atoms with van der Waals surface area (Å²) in [6, 6.07) is 3.79. The number of hydrogen-bond acceptors (Lipinski definition) is 5. The van der Waals surface area contributed by atoms with Gasteiger partial charge in [-0.2, -0.15) is 0 Å². The molecule has 4 saturated heterocycles. The maximum atomic E-state index is 2.83. The van der Waals surface area contributed by atoms with E-state index in [1.807, 2.05) is 0 Å². The summed E-state index contributed by atoms with van der Waals surface area (Å²) in [6.45, 7) is 19.0. The lowest BCUT2D eigenvalue weighted by molar-refractivity contribution is 0.109. The van der Waals surface area contributed by atoms with Gasteiger partial charge in [-0.25, -0.2) is 0 Å². The van der Waals surface area contributed by atoms with E-state index < -0.39 is 0 Å². The maximum absolute atomic E-state index is 2.83. The monoisotopic (exact) mass is 391 g/mol. The molecule has 0 spiro atoms. The van der Waals surface area contributed by atoms with Crippen LogP contribution in [0.1, 0.15) is 52.9 Å². The zero-order valence-electron chi connectivity index (χ0n) is 19.0. The predicted octanol–water partition coefficient (Wildman–Crippen LogP) is 2.03. The number of likely N-dealkylation sites (N-methyl/N-ethyl adjacent to an activating group) is 1. The van der Waals surface area contributed by atoms with Crippen LogP contribution in [0.2, 0.25) is 0 Å². The second-order valence-corrected chi connectivity index (χ2v) is 10.4. The zero-order chi connectivity index (χ0) is 19.7. The molecule has 0 aliphatic carbocycles. The van der Waals surface area contributed by atoms with Crippen LogP contribution in [0.4, 0.5) is 0 Å². The topological polar surface area (TPSA) is 16.2 Å². The van der Waals surface area contributed by atoms with Crippen LogP contribution in [-0.4, -0.2) is 121 Å². The molecule has 0 N–H and O–H groups in total. The van der Waals surface area contributed by atoms with Crippen molar-refractivity contribution in [1.29, 1.82) is 0 Å². The molecule has 5 heteroatoms. The Bertz CT molecular complexity index is 483. The van der Waals surface area contributed by atoms with E-state index in [2.05, 4.69) is 52.3 Å². The van der Waals surface area contributed by atoms with Gasteiger partial charge in [0.1, 0.15) is 0 Å². The van der Waals surface area contributed by atoms with Crippen LogP contribution in [0.5, 0.6) is 0 Å². The Labute approximate surface area is 174 Å². The molecule has 4 aliphatic rings. The molecular formula is C23H45N5. The number of nitrogens with zero attached hydrogens (tertiary/aromatic N) is 5. The molecule has 5 nitrogen and oxygen atoms in total. The Morgan fingerprint density at radius 2 is 1.46 bits per heavy atom. The van der Waals surface area contributed by atoms with Crippen LogP contribution in [0.3, 0.4) is 0 Å². The molecule has 4 rings (SSSR count). The van der Waals surface area contributed by atoms with Gasteiger partial charge < -0.3 is 4.90 Å². The SMILES string of the molecule is CC(CC1CC(N2CCN(C)CC2)CN1C(C)C)N1CCC(N2CCCC2)C1. The quantitative estimate of drug-likeness (QED) is 0.687. The fourth-order valence-electron chi connectivity index (χ4n) is 6.35. The smallest absolute Gasteiger partial charge is 0.0239 e. The summed E-state index contributed by atoms with van der Waals surface area (Å²) in [5, 5.41) is 0. The van der Waals surface area contributed by atoms with Crippen molar-refractivity contribution in [2.24, 2.45) is 0 Å². The van der Waals surface area contributed by atoms with Gasteiger partial charge in [-0.05, 0) is 73.0 Å². The lowest BCUT2D eigenvalue weighted by atomic mass is 10.0. The Morgan fingerprint density at radius 3 is 2.14 bits per heavy atom. The molecule has 0 amide bonds.